The number of hydrogen-bond acceptors (Lipinski definition) is 5. The van der Waals surface area contributed by atoms with Gasteiger partial charge in [-0.05, 0) is 94.9 Å². The van der Waals surface area contributed by atoms with E-state index in [0.29, 0.717) is 66.2 Å². The van der Waals surface area contributed by atoms with Crippen LogP contribution < -0.4 is 11.2 Å². The highest BCUT2D eigenvalue weighted by atomic mass is 127. The Morgan fingerprint density at radius 1 is 1.06 bits per heavy atom. The van der Waals surface area contributed by atoms with E-state index in [1.807, 2.05) is 19.1 Å². The Bertz CT molecular complexity index is 2180. The van der Waals surface area contributed by atoms with Crippen molar-refractivity contribution in [2.24, 2.45) is 0 Å². The topological polar surface area (TPSA) is 116 Å². The van der Waals surface area contributed by atoms with Crippen LogP contribution >= 0.6 is 22.6 Å². The number of halogens is 3. The number of fused-ring (bicyclic) bond motifs is 3. The number of aryl methyl sites for hydroxylation is 1. The predicted molar refractivity (Wildman–Crippen MR) is 186 cm³/mol. The first-order valence-corrected chi connectivity index (χ1v) is 17.0. The quantitative estimate of drug-likeness (QED) is 0.240. The molecule has 1 saturated heterocycles. The Kier molecular flexibility index (Phi) is 8.20. The van der Waals surface area contributed by atoms with Gasteiger partial charge >= 0.3 is 12.7 Å². The van der Waals surface area contributed by atoms with Gasteiger partial charge in [-0.3, -0.25) is 23.9 Å². The van der Waals surface area contributed by atoms with E-state index in [4.69, 9.17) is 0 Å². The van der Waals surface area contributed by atoms with Crippen LogP contribution in [0.4, 0.5) is 8.63 Å². The van der Waals surface area contributed by atoms with E-state index in [9.17, 15) is 19.2 Å². The lowest BCUT2D eigenvalue weighted by Gasteiger charge is -2.36. The number of amides is 2. The number of carbonyl (C=O) groups excluding carboxylic acids is 2. The summed E-state index contributed by atoms with van der Waals surface area (Å²) in [6, 6.07) is 11.7. The molecule has 0 saturated carbocycles. The molecule has 7 rings (SSSR count). The van der Waals surface area contributed by atoms with Crippen molar-refractivity contribution >= 4 is 58.1 Å². The van der Waals surface area contributed by atoms with Crippen LogP contribution in [0.3, 0.4) is 0 Å². The standard InChI is InChI=1S/C33H33BF2IN7O4/c1-20-16-21(2)43-28(20)18-24-7-6-23(44(24)34(43,35)36)8-10-29(45)40-12-14-41(15-13-40)32(47)26-17-22(5-9-27(26)37)19-42-30-25(4-3-11-38-30)31(46)39-33(42)48/h3-7,9,11,16-17,28H,8,10,12-15,18-19H2,1-2H3,(H,39,46,48). The lowest BCUT2D eigenvalue weighted by atomic mass is 9.85. The summed E-state index contributed by atoms with van der Waals surface area (Å²) >= 11 is 2.10. The van der Waals surface area contributed by atoms with Crippen LogP contribution in [-0.4, -0.2) is 90.0 Å². The Morgan fingerprint density at radius 3 is 2.58 bits per heavy atom. The molecule has 3 aromatic heterocycles. The second-order valence-corrected chi connectivity index (χ2v) is 13.8. The Labute approximate surface area is 287 Å². The number of rotatable bonds is 6. The highest BCUT2D eigenvalue weighted by Gasteiger charge is 2.55. The molecular formula is C33H33BF2IN7O4. The molecule has 0 radical (unpaired) electrons. The predicted octanol–water partition coefficient (Wildman–Crippen LogP) is 3.04. The number of H-pyrrole nitrogens is 1. The Hall–Kier alpha value is -4.41. The summed E-state index contributed by atoms with van der Waals surface area (Å²) in [5.41, 5.74) is 2.86. The fourth-order valence-corrected chi connectivity index (χ4v) is 7.89. The summed E-state index contributed by atoms with van der Waals surface area (Å²) in [6.45, 7) is 1.04. The molecule has 1 atom stereocenters. The minimum Gasteiger partial charge on any atom is -0.397 e. The number of piperazine rings is 1. The van der Waals surface area contributed by atoms with E-state index < -0.39 is 18.2 Å². The van der Waals surface area contributed by atoms with Crippen LogP contribution in [0.25, 0.3) is 11.0 Å². The van der Waals surface area contributed by atoms with Gasteiger partial charge in [0.25, 0.3) is 11.5 Å². The summed E-state index contributed by atoms with van der Waals surface area (Å²) in [6.07, 6.45) is 4.14. The van der Waals surface area contributed by atoms with E-state index in [0.717, 1.165) is 13.6 Å². The Balaban J connectivity index is 0.996. The third-order valence-electron chi connectivity index (χ3n) is 9.71. The molecule has 248 valence electrons. The fourth-order valence-electron chi connectivity index (χ4n) is 7.32. The van der Waals surface area contributed by atoms with Gasteiger partial charge in [0.1, 0.15) is 17.4 Å². The van der Waals surface area contributed by atoms with E-state index in [1.54, 1.807) is 53.1 Å². The molecule has 0 bridgehead atoms. The second kappa shape index (κ2) is 12.2. The number of allylic oxidation sites excluding steroid dienone is 1. The number of hydrogen-bond donors (Lipinski definition) is 1. The van der Waals surface area contributed by atoms with Crippen LogP contribution in [0.5, 0.6) is 0 Å². The highest BCUT2D eigenvalue weighted by Crippen LogP contribution is 2.34. The maximum absolute atomic E-state index is 15.8. The number of nitrogens with zero attached hydrogens (tertiary/aromatic N) is 6. The van der Waals surface area contributed by atoms with Gasteiger partial charge in [0, 0.05) is 61.8 Å². The molecule has 1 unspecified atom stereocenters. The number of benzene rings is 1. The van der Waals surface area contributed by atoms with Crippen molar-refractivity contribution in [2.75, 3.05) is 26.2 Å². The molecule has 4 aromatic rings. The molecule has 1 N–H and O–H groups in total. The minimum absolute atomic E-state index is 0.0978. The van der Waals surface area contributed by atoms with E-state index in [-0.39, 0.29) is 42.9 Å². The summed E-state index contributed by atoms with van der Waals surface area (Å²) in [5.74, 6) is -0.321. The summed E-state index contributed by atoms with van der Waals surface area (Å²) < 4.78 is 36.1. The number of nitrogens with one attached hydrogen (secondary N) is 1. The highest BCUT2D eigenvalue weighted by molar-refractivity contribution is 14.1. The molecule has 15 heteroatoms. The first kappa shape index (κ1) is 32.2. The van der Waals surface area contributed by atoms with Gasteiger partial charge in [-0.15, -0.1) is 0 Å². The average Bonchev–Trinajstić information content (AvgIpc) is 3.62. The smallest absolute Gasteiger partial charge is 0.397 e. The SMILES string of the molecule is CC1=CC(C)=[N+]2C1Cc1ccc(CCC(=O)N3CCN(C(=O)c4cc(Cn5c(=O)[nH]c(=O)c6cccnc65)ccc4I)CC3)n1[B-]2(F)F. The first-order chi connectivity index (χ1) is 22.9. The zero-order chi connectivity index (χ0) is 33.9. The van der Waals surface area contributed by atoms with Crippen molar-refractivity contribution in [3.8, 4) is 0 Å². The first-order valence-electron chi connectivity index (χ1n) is 15.9. The lowest BCUT2D eigenvalue weighted by Crippen LogP contribution is -2.57. The van der Waals surface area contributed by atoms with Crippen LogP contribution in [0, 0.1) is 3.57 Å². The van der Waals surface area contributed by atoms with Gasteiger partial charge < -0.3 is 27.4 Å². The number of carbonyl (C=O) groups is 2. The zero-order valence-electron chi connectivity index (χ0n) is 26.5. The van der Waals surface area contributed by atoms with Crippen LogP contribution in [0.15, 0.2) is 69.9 Å². The van der Waals surface area contributed by atoms with Crippen molar-refractivity contribution in [3.63, 3.8) is 0 Å². The number of aromatic amines is 1. The monoisotopic (exact) mass is 767 g/mol. The van der Waals surface area contributed by atoms with E-state index >= 15 is 8.63 Å². The van der Waals surface area contributed by atoms with Gasteiger partial charge in [0.05, 0.1) is 17.5 Å². The summed E-state index contributed by atoms with van der Waals surface area (Å²) in [7, 11) is 0. The molecule has 0 aliphatic carbocycles. The minimum atomic E-state index is -4.02. The molecule has 0 spiro atoms. The van der Waals surface area contributed by atoms with Gasteiger partial charge in [-0.2, -0.15) is 0 Å². The van der Waals surface area contributed by atoms with Crippen LogP contribution in [-0.2, 0) is 24.2 Å². The maximum atomic E-state index is 15.8. The van der Waals surface area contributed by atoms with Gasteiger partial charge in [-0.1, -0.05) is 6.07 Å². The molecule has 48 heavy (non-hydrogen) atoms. The maximum Gasteiger partial charge on any atom is 0.732 e. The number of pyridine rings is 1. The van der Waals surface area contributed by atoms with E-state index in [1.165, 1.54) is 15.3 Å². The number of aromatic nitrogens is 4. The van der Waals surface area contributed by atoms with Crippen molar-refractivity contribution in [2.45, 2.75) is 45.7 Å². The lowest BCUT2D eigenvalue weighted by molar-refractivity contribution is -0.459. The molecule has 11 nitrogen and oxygen atoms in total. The summed E-state index contributed by atoms with van der Waals surface area (Å²) in [4.78, 5) is 61.7. The fraction of sp³-hybridized carbons (Fsp3) is 0.333. The normalized spacial score (nSPS) is 18.6. The van der Waals surface area contributed by atoms with Crippen molar-refractivity contribution < 1.29 is 22.7 Å². The van der Waals surface area contributed by atoms with Crippen LogP contribution in [0.2, 0.25) is 0 Å². The zero-order valence-corrected chi connectivity index (χ0v) is 28.6. The summed E-state index contributed by atoms with van der Waals surface area (Å²) in [5, 5.41) is 0.291. The Morgan fingerprint density at radius 2 is 1.81 bits per heavy atom. The molecule has 1 fully saturated rings. The molecule has 1 aromatic carbocycles. The van der Waals surface area contributed by atoms with E-state index in [2.05, 4.69) is 32.6 Å². The molecular weight excluding hydrogens is 734 g/mol. The molecule has 3 aliphatic heterocycles. The largest absolute Gasteiger partial charge is 0.732 e. The molecule has 2 amide bonds. The van der Waals surface area contributed by atoms with Gasteiger partial charge in [-0.25, -0.2) is 9.78 Å². The van der Waals surface area contributed by atoms with Crippen LogP contribution in [0.1, 0.15) is 47.6 Å². The van der Waals surface area contributed by atoms with Gasteiger partial charge in [0.2, 0.25) is 5.91 Å². The van der Waals surface area contributed by atoms with Crippen molar-refractivity contribution in [1.82, 2.24) is 28.8 Å². The van der Waals surface area contributed by atoms with Crippen molar-refractivity contribution in [1.29, 1.82) is 0 Å². The van der Waals surface area contributed by atoms with Gasteiger partial charge in [0.15, 0.2) is 0 Å². The molecule has 6 heterocycles. The molecule has 3 aliphatic rings. The average molecular weight is 767 g/mol. The third-order valence-corrected chi connectivity index (χ3v) is 10.6. The second-order valence-electron chi connectivity index (χ2n) is 12.6. The third kappa shape index (κ3) is 5.50. The van der Waals surface area contributed by atoms with Crippen molar-refractivity contribution in [3.05, 3.63) is 107 Å².